The number of nitrogens with one attached hydrogen (secondary N) is 1. The third-order valence-corrected chi connectivity index (χ3v) is 5.40. The SMILES string of the molecule is O=C1CC(CNS(=O)(=O)c2ccccc2)CN1c1ccc(F)cc1. The molecule has 0 saturated carbocycles. The second-order valence-electron chi connectivity index (χ2n) is 5.72. The molecule has 1 amide bonds. The van der Waals surface area contributed by atoms with Crippen LogP contribution in [0.25, 0.3) is 0 Å². The van der Waals surface area contributed by atoms with Gasteiger partial charge in [0.05, 0.1) is 4.90 Å². The fraction of sp³-hybridized carbons (Fsp3) is 0.235. The van der Waals surface area contributed by atoms with Gasteiger partial charge >= 0.3 is 0 Å². The molecule has 1 unspecified atom stereocenters. The highest BCUT2D eigenvalue weighted by atomic mass is 32.2. The van der Waals surface area contributed by atoms with E-state index in [2.05, 4.69) is 4.72 Å². The number of hydrogen-bond donors (Lipinski definition) is 1. The minimum absolute atomic E-state index is 0.0921. The van der Waals surface area contributed by atoms with E-state index in [9.17, 15) is 17.6 Å². The third-order valence-electron chi connectivity index (χ3n) is 3.96. The maximum Gasteiger partial charge on any atom is 0.240 e. The Morgan fingerprint density at radius 3 is 2.42 bits per heavy atom. The smallest absolute Gasteiger partial charge is 0.240 e. The number of carbonyl (C=O) groups excluding carboxylic acids is 1. The van der Waals surface area contributed by atoms with Crippen LogP contribution in [0.5, 0.6) is 0 Å². The summed E-state index contributed by atoms with van der Waals surface area (Å²) in [5.41, 5.74) is 0.620. The van der Waals surface area contributed by atoms with Crippen LogP contribution in [0.3, 0.4) is 0 Å². The monoisotopic (exact) mass is 348 g/mol. The summed E-state index contributed by atoms with van der Waals surface area (Å²) in [4.78, 5) is 13.9. The molecule has 0 spiro atoms. The summed E-state index contributed by atoms with van der Waals surface area (Å²) in [5, 5.41) is 0. The van der Waals surface area contributed by atoms with Gasteiger partial charge in [0.2, 0.25) is 15.9 Å². The molecule has 0 aromatic heterocycles. The molecule has 7 heteroatoms. The van der Waals surface area contributed by atoms with Gasteiger partial charge in [-0.3, -0.25) is 4.79 Å². The van der Waals surface area contributed by atoms with Crippen molar-refractivity contribution in [3.8, 4) is 0 Å². The first-order valence-electron chi connectivity index (χ1n) is 7.56. The van der Waals surface area contributed by atoms with Crippen LogP contribution in [0, 0.1) is 11.7 Å². The molecule has 2 aromatic rings. The topological polar surface area (TPSA) is 66.5 Å². The van der Waals surface area contributed by atoms with Gasteiger partial charge in [-0.15, -0.1) is 0 Å². The molecule has 2 aromatic carbocycles. The lowest BCUT2D eigenvalue weighted by molar-refractivity contribution is -0.117. The van der Waals surface area contributed by atoms with Gasteiger partial charge < -0.3 is 4.90 Å². The molecule has 24 heavy (non-hydrogen) atoms. The number of hydrogen-bond acceptors (Lipinski definition) is 3. The van der Waals surface area contributed by atoms with Crippen LogP contribution < -0.4 is 9.62 Å². The zero-order chi connectivity index (χ0) is 17.2. The second-order valence-corrected chi connectivity index (χ2v) is 7.48. The maximum atomic E-state index is 13.0. The van der Waals surface area contributed by atoms with E-state index >= 15 is 0 Å². The van der Waals surface area contributed by atoms with E-state index in [1.807, 2.05) is 0 Å². The van der Waals surface area contributed by atoms with Crippen LogP contribution in [0.4, 0.5) is 10.1 Å². The summed E-state index contributed by atoms with van der Waals surface area (Å²) in [5.74, 6) is -0.580. The van der Waals surface area contributed by atoms with E-state index < -0.39 is 10.0 Å². The number of anilines is 1. The summed E-state index contributed by atoms with van der Waals surface area (Å²) in [6, 6.07) is 13.8. The fourth-order valence-electron chi connectivity index (χ4n) is 2.70. The van der Waals surface area contributed by atoms with Crippen LogP contribution in [0.1, 0.15) is 6.42 Å². The van der Waals surface area contributed by atoms with Crippen molar-refractivity contribution in [2.45, 2.75) is 11.3 Å². The highest BCUT2D eigenvalue weighted by Gasteiger charge is 2.31. The standard InChI is InChI=1S/C17H17FN2O3S/c18-14-6-8-15(9-7-14)20-12-13(10-17(20)21)11-19-24(22,23)16-4-2-1-3-5-16/h1-9,13,19H,10-12H2. The Morgan fingerprint density at radius 1 is 1.08 bits per heavy atom. The Labute approximate surface area is 140 Å². The molecule has 5 nitrogen and oxygen atoms in total. The van der Waals surface area contributed by atoms with E-state index in [0.29, 0.717) is 12.2 Å². The second kappa shape index (κ2) is 6.70. The molecular formula is C17H17FN2O3S. The van der Waals surface area contributed by atoms with Crippen molar-refractivity contribution in [3.05, 3.63) is 60.4 Å². The largest absolute Gasteiger partial charge is 0.312 e. The lowest BCUT2D eigenvalue weighted by Crippen LogP contribution is -2.31. The van der Waals surface area contributed by atoms with Gasteiger partial charge in [0.1, 0.15) is 5.82 Å². The zero-order valence-corrected chi connectivity index (χ0v) is 13.7. The quantitative estimate of drug-likeness (QED) is 0.900. The molecule has 3 rings (SSSR count). The summed E-state index contributed by atoms with van der Waals surface area (Å²) < 4.78 is 39.9. The zero-order valence-electron chi connectivity index (χ0n) is 12.9. The van der Waals surface area contributed by atoms with Gasteiger partial charge in [0, 0.05) is 25.2 Å². The first-order chi connectivity index (χ1) is 11.5. The predicted octanol–water partition coefficient (Wildman–Crippen LogP) is 2.16. The van der Waals surface area contributed by atoms with E-state index in [1.165, 1.54) is 24.3 Å². The minimum atomic E-state index is -3.58. The first-order valence-corrected chi connectivity index (χ1v) is 9.05. The highest BCUT2D eigenvalue weighted by Crippen LogP contribution is 2.25. The first kappa shape index (κ1) is 16.6. The summed E-state index contributed by atoms with van der Waals surface area (Å²) in [6.45, 7) is 0.586. The number of carbonyl (C=O) groups is 1. The van der Waals surface area contributed by atoms with Crippen LogP contribution in [-0.4, -0.2) is 27.4 Å². The predicted molar refractivity (Wildman–Crippen MR) is 88.5 cm³/mol. The molecule has 1 N–H and O–H groups in total. The van der Waals surface area contributed by atoms with Crippen molar-refractivity contribution in [1.29, 1.82) is 0 Å². The van der Waals surface area contributed by atoms with E-state index in [-0.39, 0.29) is 35.5 Å². The van der Waals surface area contributed by atoms with Crippen molar-refractivity contribution in [1.82, 2.24) is 4.72 Å². The number of benzene rings is 2. The Kier molecular flexibility index (Phi) is 4.64. The summed E-state index contributed by atoms with van der Waals surface area (Å²) in [6.07, 6.45) is 0.259. The molecule has 1 atom stereocenters. The van der Waals surface area contributed by atoms with Gasteiger partial charge in [0.15, 0.2) is 0 Å². The Balaban J connectivity index is 1.63. The van der Waals surface area contributed by atoms with Crippen LogP contribution >= 0.6 is 0 Å². The van der Waals surface area contributed by atoms with Crippen molar-refractivity contribution in [3.63, 3.8) is 0 Å². The van der Waals surface area contributed by atoms with Gasteiger partial charge in [0.25, 0.3) is 0 Å². The number of amides is 1. The molecule has 126 valence electrons. The van der Waals surface area contributed by atoms with Gasteiger partial charge in [-0.05, 0) is 42.3 Å². The lowest BCUT2D eigenvalue weighted by atomic mass is 10.1. The van der Waals surface area contributed by atoms with E-state index in [1.54, 1.807) is 35.2 Å². The molecule has 1 saturated heterocycles. The van der Waals surface area contributed by atoms with Crippen LogP contribution in [0.2, 0.25) is 0 Å². The number of nitrogens with zero attached hydrogens (tertiary/aromatic N) is 1. The van der Waals surface area contributed by atoms with Crippen molar-refractivity contribution in [2.24, 2.45) is 5.92 Å². The highest BCUT2D eigenvalue weighted by molar-refractivity contribution is 7.89. The Bertz CT molecular complexity index is 823. The number of rotatable bonds is 5. The van der Waals surface area contributed by atoms with Crippen molar-refractivity contribution < 1.29 is 17.6 Å². The van der Waals surface area contributed by atoms with Gasteiger partial charge in [-0.2, -0.15) is 0 Å². The molecule has 1 aliphatic rings. The van der Waals surface area contributed by atoms with Crippen LogP contribution in [-0.2, 0) is 14.8 Å². The Hall–Kier alpha value is -2.25. The third kappa shape index (κ3) is 3.63. The lowest BCUT2D eigenvalue weighted by Gasteiger charge is -2.17. The maximum absolute atomic E-state index is 13.0. The molecular weight excluding hydrogens is 331 g/mol. The average Bonchev–Trinajstić information content (AvgIpc) is 2.96. The number of halogens is 1. The van der Waals surface area contributed by atoms with E-state index in [4.69, 9.17) is 0 Å². The van der Waals surface area contributed by atoms with E-state index in [0.717, 1.165) is 0 Å². The fourth-order valence-corrected chi connectivity index (χ4v) is 3.84. The minimum Gasteiger partial charge on any atom is -0.312 e. The average molecular weight is 348 g/mol. The number of sulfonamides is 1. The molecule has 1 heterocycles. The molecule has 1 fully saturated rings. The summed E-state index contributed by atoms with van der Waals surface area (Å²) >= 11 is 0. The normalized spacial score (nSPS) is 18.1. The van der Waals surface area contributed by atoms with Crippen LogP contribution in [0.15, 0.2) is 59.5 Å². The molecule has 0 bridgehead atoms. The van der Waals surface area contributed by atoms with Gasteiger partial charge in [-0.1, -0.05) is 18.2 Å². The van der Waals surface area contributed by atoms with Crippen molar-refractivity contribution >= 4 is 21.6 Å². The van der Waals surface area contributed by atoms with Crippen molar-refractivity contribution in [2.75, 3.05) is 18.0 Å². The van der Waals surface area contributed by atoms with Gasteiger partial charge in [-0.25, -0.2) is 17.5 Å². The Morgan fingerprint density at radius 2 is 1.75 bits per heavy atom. The summed E-state index contributed by atoms with van der Waals surface area (Å²) in [7, 11) is -3.58. The molecule has 0 radical (unpaired) electrons. The molecule has 0 aliphatic carbocycles. The molecule has 1 aliphatic heterocycles.